The molecule has 7 nitrogen and oxygen atoms in total. The van der Waals surface area contributed by atoms with Gasteiger partial charge in [0.15, 0.2) is 0 Å². The maximum Gasteiger partial charge on any atom is 0.144 e. The Balaban J connectivity index is 1.71. The van der Waals surface area contributed by atoms with Crippen LogP contribution >= 0.6 is 0 Å². The van der Waals surface area contributed by atoms with E-state index < -0.39 is 0 Å². The maximum absolute atomic E-state index is 9.20. The highest BCUT2D eigenvalue weighted by molar-refractivity contribution is 6.14. The number of aliphatic imine (C=N–C) groups is 1. The van der Waals surface area contributed by atoms with E-state index in [1.165, 1.54) is 0 Å². The maximum atomic E-state index is 9.20. The molecule has 0 fully saturated rings. The lowest BCUT2D eigenvalue weighted by Gasteiger charge is -2.13. The van der Waals surface area contributed by atoms with Crippen molar-refractivity contribution in [3.8, 4) is 11.8 Å². The molecular formula is C26H28N6O. The third kappa shape index (κ3) is 4.96. The third-order valence-electron chi connectivity index (χ3n) is 5.72. The number of allylic oxidation sites excluding steroid dienone is 2. The van der Waals surface area contributed by atoms with Gasteiger partial charge in [0, 0.05) is 23.9 Å². The van der Waals surface area contributed by atoms with E-state index in [-0.39, 0.29) is 6.04 Å². The molecule has 0 amide bonds. The smallest absolute Gasteiger partial charge is 0.144 e. The summed E-state index contributed by atoms with van der Waals surface area (Å²) in [6.45, 7) is 4.34. The minimum Gasteiger partial charge on any atom is -0.494 e. The molecule has 1 aliphatic carbocycles. The van der Waals surface area contributed by atoms with Gasteiger partial charge < -0.3 is 10.5 Å². The van der Waals surface area contributed by atoms with Gasteiger partial charge >= 0.3 is 0 Å². The van der Waals surface area contributed by atoms with Gasteiger partial charge in [-0.2, -0.15) is 5.26 Å². The van der Waals surface area contributed by atoms with Crippen LogP contribution in [-0.4, -0.2) is 27.8 Å². The SMILES string of the molecule is COc1ccccc1N=C(C1=C(N)C[C@@H](n2cc(CC(C)C)nn2)C1)c1ccc(C#N)cc1. The summed E-state index contributed by atoms with van der Waals surface area (Å²) in [7, 11) is 1.63. The summed E-state index contributed by atoms with van der Waals surface area (Å²) in [5, 5.41) is 17.9. The number of aromatic nitrogens is 3. The Labute approximate surface area is 194 Å². The van der Waals surface area contributed by atoms with Crippen LogP contribution < -0.4 is 10.5 Å². The number of nitriles is 1. The third-order valence-corrected chi connectivity index (χ3v) is 5.72. The normalized spacial score (nSPS) is 16.3. The van der Waals surface area contributed by atoms with E-state index in [1.807, 2.05) is 47.3 Å². The first-order valence-corrected chi connectivity index (χ1v) is 11.1. The molecule has 2 aromatic carbocycles. The van der Waals surface area contributed by atoms with Crippen LogP contribution in [0.3, 0.4) is 0 Å². The number of hydrogen-bond acceptors (Lipinski definition) is 6. The molecule has 0 bridgehead atoms. The Bertz CT molecular complexity index is 1230. The highest BCUT2D eigenvalue weighted by atomic mass is 16.5. The monoisotopic (exact) mass is 440 g/mol. The Kier molecular flexibility index (Phi) is 6.55. The molecule has 3 aromatic rings. The van der Waals surface area contributed by atoms with Crippen molar-refractivity contribution in [3.05, 3.63) is 82.8 Å². The first kappa shape index (κ1) is 22.3. The van der Waals surface area contributed by atoms with E-state index in [4.69, 9.17) is 15.5 Å². The topological polar surface area (TPSA) is 102 Å². The van der Waals surface area contributed by atoms with Gasteiger partial charge in [0.25, 0.3) is 0 Å². The van der Waals surface area contributed by atoms with Crippen molar-refractivity contribution in [1.29, 1.82) is 5.26 Å². The van der Waals surface area contributed by atoms with Crippen LogP contribution in [0.1, 0.15) is 49.6 Å². The molecule has 1 heterocycles. The summed E-state index contributed by atoms with van der Waals surface area (Å²) in [5.74, 6) is 1.21. The molecule has 0 saturated heterocycles. The minimum atomic E-state index is 0.0923. The molecule has 7 heteroatoms. The number of rotatable bonds is 7. The van der Waals surface area contributed by atoms with Crippen LogP contribution in [0.5, 0.6) is 5.75 Å². The number of benzene rings is 2. The van der Waals surface area contributed by atoms with E-state index in [9.17, 15) is 5.26 Å². The number of para-hydroxylation sites is 2. The lowest BCUT2D eigenvalue weighted by Crippen LogP contribution is -2.10. The van der Waals surface area contributed by atoms with Crippen molar-refractivity contribution in [1.82, 2.24) is 15.0 Å². The zero-order chi connectivity index (χ0) is 23.4. The number of methoxy groups -OCH3 is 1. The van der Waals surface area contributed by atoms with Crippen LogP contribution in [-0.2, 0) is 6.42 Å². The molecule has 0 aliphatic heterocycles. The van der Waals surface area contributed by atoms with Gasteiger partial charge in [0.2, 0.25) is 0 Å². The molecule has 168 valence electrons. The quantitative estimate of drug-likeness (QED) is 0.535. The van der Waals surface area contributed by atoms with Crippen molar-refractivity contribution in [2.24, 2.45) is 16.6 Å². The van der Waals surface area contributed by atoms with E-state index in [0.717, 1.165) is 40.3 Å². The Morgan fingerprint density at radius 1 is 1.21 bits per heavy atom. The number of nitrogens with zero attached hydrogens (tertiary/aromatic N) is 5. The van der Waals surface area contributed by atoms with Gasteiger partial charge in [-0.1, -0.05) is 43.3 Å². The molecular weight excluding hydrogens is 412 g/mol. The average Bonchev–Trinajstić information content (AvgIpc) is 3.44. The number of nitrogens with two attached hydrogens (primary N) is 1. The van der Waals surface area contributed by atoms with Crippen LogP contribution in [0.25, 0.3) is 0 Å². The number of ether oxygens (including phenoxy) is 1. The Morgan fingerprint density at radius 2 is 1.97 bits per heavy atom. The summed E-state index contributed by atoms with van der Waals surface area (Å²) < 4.78 is 7.44. The average molecular weight is 441 g/mol. The lowest BCUT2D eigenvalue weighted by molar-refractivity contribution is 0.416. The molecule has 1 atom stereocenters. The lowest BCUT2D eigenvalue weighted by atomic mass is 9.99. The second-order valence-electron chi connectivity index (χ2n) is 8.68. The summed E-state index contributed by atoms with van der Waals surface area (Å²) >= 11 is 0. The fourth-order valence-electron chi connectivity index (χ4n) is 4.11. The van der Waals surface area contributed by atoms with Gasteiger partial charge in [-0.3, -0.25) is 0 Å². The number of hydrogen-bond donors (Lipinski definition) is 1. The first-order chi connectivity index (χ1) is 16.0. The van der Waals surface area contributed by atoms with E-state index in [1.54, 1.807) is 19.2 Å². The zero-order valence-corrected chi connectivity index (χ0v) is 19.2. The van der Waals surface area contributed by atoms with Crippen molar-refractivity contribution < 1.29 is 4.74 Å². The first-order valence-electron chi connectivity index (χ1n) is 11.1. The zero-order valence-electron chi connectivity index (χ0n) is 19.2. The molecule has 0 saturated carbocycles. The molecule has 1 aliphatic rings. The van der Waals surface area contributed by atoms with Gasteiger partial charge in [-0.25, -0.2) is 9.67 Å². The van der Waals surface area contributed by atoms with Crippen LogP contribution in [0.15, 0.2) is 71.0 Å². The summed E-state index contributed by atoms with van der Waals surface area (Å²) in [5.41, 5.74) is 12.3. The summed E-state index contributed by atoms with van der Waals surface area (Å²) in [4.78, 5) is 4.99. The fraction of sp³-hybridized carbons (Fsp3) is 0.308. The second-order valence-corrected chi connectivity index (χ2v) is 8.68. The minimum absolute atomic E-state index is 0.0923. The predicted molar refractivity (Wildman–Crippen MR) is 128 cm³/mol. The molecule has 33 heavy (non-hydrogen) atoms. The van der Waals surface area contributed by atoms with Crippen LogP contribution in [0.2, 0.25) is 0 Å². The largest absolute Gasteiger partial charge is 0.494 e. The van der Waals surface area contributed by atoms with Gasteiger partial charge in [-0.05, 0) is 48.6 Å². The van der Waals surface area contributed by atoms with Crippen LogP contribution in [0, 0.1) is 17.2 Å². The van der Waals surface area contributed by atoms with Crippen molar-refractivity contribution in [2.75, 3.05) is 7.11 Å². The highest BCUT2D eigenvalue weighted by Crippen LogP contribution is 2.37. The van der Waals surface area contributed by atoms with E-state index in [0.29, 0.717) is 30.1 Å². The molecule has 0 radical (unpaired) electrons. The predicted octanol–water partition coefficient (Wildman–Crippen LogP) is 4.73. The van der Waals surface area contributed by atoms with Gasteiger partial charge in [0.1, 0.15) is 11.4 Å². The molecule has 1 aromatic heterocycles. The van der Waals surface area contributed by atoms with Gasteiger partial charge in [-0.15, -0.1) is 5.10 Å². The second kappa shape index (κ2) is 9.70. The Hall–Kier alpha value is -3.92. The Morgan fingerprint density at radius 3 is 2.67 bits per heavy atom. The summed E-state index contributed by atoms with van der Waals surface area (Å²) in [6.07, 6.45) is 4.30. The standard InChI is InChI=1S/C26H28N6O/c1-17(2)12-20-16-32(31-30-20)21-13-22(23(28)14-21)26(19-10-8-18(15-27)9-11-19)29-24-6-4-5-7-25(24)33-3/h4-11,16-17,21H,12-14,28H2,1-3H3/t21-/m0/s1. The van der Waals surface area contributed by atoms with Crippen LogP contribution in [0.4, 0.5) is 5.69 Å². The van der Waals surface area contributed by atoms with Crippen molar-refractivity contribution in [3.63, 3.8) is 0 Å². The fourth-order valence-corrected chi connectivity index (χ4v) is 4.11. The van der Waals surface area contributed by atoms with Crippen molar-refractivity contribution in [2.45, 2.75) is 39.2 Å². The molecule has 0 spiro atoms. The van der Waals surface area contributed by atoms with Gasteiger partial charge in [0.05, 0.1) is 36.2 Å². The van der Waals surface area contributed by atoms with Crippen molar-refractivity contribution >= 4 is 11.4 Å². The van der Waals surface area contributed by atoms with E-state index >= 15 is 0 Å². The molecule has 0 unspecified atom stereocenters. The summed E-state index contributed by atoms with van der Waals surface area (Å²) in [6, 6.07) is 17.3. The molecule has 2 N–H and O–H groups in total. The molecule has 4 rings (SSSR count). The highest BCUT2D eigenvalue weighted by Gasteiger charge is 2.29. The van der Waals surface area contributed by atoms with E-state index in [2.05, 4.69) is 30.2 Å².